The van der Waals surface area contributed by atoms with Crippen molar-refractivity contribution in [1.82, 2.24) is 0 Å². The van der Waals surface area contributed by atoms with E-state index in [-0.39, 0.29) is 30.3 Å². The van der Waals surface area contributed by atoms with Crippen LogP contribution < -0.4 is 18.9 Å². The van der Waals surface area contributed by atoms with Gasteiger partial charge in [-0.25, -0.2) is 0 Å². The van der Waals surface area contributed by atoms with Crippen molar-refractivity contribution in [1.29, 1.82) is 0 Å². The van der Waals surface area contributed by atoms with Crippen LogP contribution in [0.15, 0.2) is 24.3 Å². The largest absolute Gasteiger partial charge is 0.502 e. The summed E-state index contributed by atoms with van der Waals surface area (Å²) in [5, 5.41) is 10.4. The van der Waals surface area contributed by atoms with Gasteiger partial charge in [0.05, 0.1) is 26.2 Å². The fraction of sp³-hybridized carbons (Fsp3) is 0.409. The molecule has 7 nitrogen and oxygen atoms in total. The number of fused-ring (bicyclic) bond motifs is 3. The highest BCUT2D eigenvalue weighted by atomic mass is 16.7. The number of benzene rings is 2. The highest BCUT2D eigenvalue weighted by Gasteiger charge is 2.57. The molecule has 1 fully saturated rings. The van der Waals surface area contributed by atoms with Gasteiger partial charge < -0.3 is 28.8 Å². The molecule has 152 valence electrons. The van der Waals surface area contributed by atoms with E-state index in [1.165, 1.54) is 14.2 Å². The second-order valence-corrected chi connectivity index (χ2v) is 7.89. The first kappa shape index (κ1) is 18.0. The minimum Gasteiger partial charge on any atom is -0.502 e. The van der Waals surface area contributed by atoms with E-state index in [1.54, 1.807) is 12.1 Å². The second kappa shape index (κ2) is 6.20. The summed E-state index contributed by atoms with van der Waals surface area (Å²) in [7, 11) is 2.97. The van der Waals surface area contributed by atoms with Gasteiger partial charge in [-0.3, -0.25) is 4.79 Å². The number of methoxy groups -OCH3 is 2. The van der Waals surface area contributed by atoms with Gasteiger partial charge >= 0.3 is 5.97 Å². The standard InChI is InChI=1S/C22H22O7/c1-22-13(9-27-21(22)24)4-11-5-15-16(29-10-28-15)8-14(11)19(22)12-6-17(25-2)20(23)18(7-12)26-3/h5-8,13,19,23H,4,9-10H2,1-3H3/t13-,19-,22+/m1/s1. The quantitative estimate of drug-likeness (QED) is 0.796. The Bertz CT molecular complexity index is 989. The summed E-state index contributed by atoms with van der Waals surface area (Å²) in [6, 6.07) is 7.48. The van der Waals surface area contributed by atoms with Crippen LogP contribution in [-0.4, -0.2) is 38.7 Å². The molecule has 2 heterocycles. The zero-order chi connectivity index (χ0) is 20.3. The molecule has 3 atom stereocenters. The number of phenolic OH excluding ortho intramolecular Hbond substituents is 1. The van der Waals surface area contributed by atoms with Gasteiger partial charge in [-0.2, -0.15) is 0 Å². The van der Waals surface area contributed by atoms with E-state index in [0.29, 0.717) is 23.9 Å². The lowest BCUT2D eigenvalue weighted by molar-refractivity contribution is -0.146. The number of aromatic hydroxyl groups is 1. The van der Waals surface area contributed by atoms with E-state index < -0.39 is 5.41 Å². The van der Waals surface area contributed by atoms with Crippen LogP contribution in [0, 0.1) is 11.3 Å². The maximum absolute atomic E-state index is 12.9. The predicted molar refractivity (Wildman–Crippen MR) is 102 cm³/mol. The molecule has 0 unspecified atom stereocenters. The Labute approximate surface area is 168 Å². The maximum atomic E-state index is 12.9. The molecule has 2 aromatic rings. The van der Waals surface area contributed by atoms with Gasteiger partial charge in [0.15, 0.2) is 23.0 Å². The van der Waals surface area contributed by atoms with Crippen LogP contribution in [-0.2, 0) is 16.0 Å². The summed E-state index contributed by atoms with van der Waals surface area (Å²) in [4.78, 5) is 12.9. The third-order valence-electron chi connectivity index (χ3n) is 6.55. The molecule has 2 aliphatic heterocycles. The normalized spacial score (nSPS) is 26.5. The zero-order valence-corrected chi connectivity index (χ0v) is 16.5. The van der Waals surface area contributed by atoms with E-state index in [0.717, 1.165) is 28.9 Å². The Morgan fingerprint density at radius 3 is 2.34 bits per heavy atom. The summed E-state index contributed by atoms with van der Waals surface area (Å²) < 4.78 is 27.4. The summed E-state index contributed by atoms with van der Waals surface area (Å²) in [5.74, 6) is 1.38. The SMILES string of the molecule is COc1cc([C@@H]2c3cc4c(cc3C[C@@H]3COC(=O)[C@@]32C)OCO4)cc(OC)c1O. The summed E-state index contributed by atoms with van der Waals surface area (Å²) in [6.07, 6.45) is 0.719. The van der Waals surface area contributed by atoms with Crippen molar-refractivity contribution in [3.63, 3.8) is 0 Å². The summed E-state index contributed by atoms with van der Waals surface area (Å²) in [6.45, 7) is 2.52. The molecule has 0 amide bonds. The Morgan fingerprint density at radius 2 is 1.69 bits per heavy atom. The number of hydrogen-bond acceptors (Lipinski definition) is 7. The molecule has 29 heavy (non-hydrogen) atoms. The molecule has 0 saturated carbocycles. The van der Waals surface area contributed by atoms with Gasteiger partial charge in [0.1, 0.15) is 0 Å². The van der Waals surface area contributed by atoms with Crippen molar-refractivity contribution in [2.75, 3.05) is 27.6 Å². The first-order chi connectivity index (χ1) is 14.0. The average Bonchev–Trinajstić information content (AvgIpc) is 3.29. The molecular formula is C22H22O7. The van der Waals surface area contributed by atoms with Gasteiger partial charge in [0.25, 0.3) is 0 Å². The zero-order valence-electron chi connectivity index (χ0n) is 16.5. The molecule has 1 N–H and O–H groups in total. The van der Waals surface area contributed by atoms with E-state index in [2.05, 4.69) is 0 Å². The molecule has 3 aliphatic rings. The molecular weight excluding hydrogens is 376 g/mol. The predicted octanol–water partition coefficient (Wildman–Crippen LogP) is 3.01. The van der Waals surface area contributed by atoms with Crippen LogP contribution in [0.1, 0.15) is 29.5 Å². The van der Waals surface area contributed by atoms with Gasteiger partial charge in [-0.05, 0) is 54.3 Å². The van der Waals surface area contributed by atoms with Crippen molar-refractivity contribution in [3.8, 4) is 28.7 Å². The third kappa shape index (κ3) is 2.39. The average molecular weight is 398 g/mol. The van der Waals surface area contributed by atoms with Gasteiger partial charge in [0, 0.05) is 11.8 Å². The highest BCUT2D eigenvalue weighted by molar-refractivity contribution is 5.82. The van der Waals surface area contributed by atoms with Gasteiger partial charge in [0.2, 0.25) is 12.5 Å². The van der Waals surface area contributed by atoms with Crippen molar-refractivity contribution in [2.24, 2.45) is 11.3 Å². The summed E-state index contributed by atoms with van der Waals surface area (Å²) in [5.41, 5.74) is 2.14. The number of phenols is 1. The third-order valence-corrected chi connectivity index (χ3v) is 6.55. The monoisotopic (exact) mass is 398 g/mol. The van der Waals surface area contributed by atoms with Crippen molar-refractivity contribution < 1.29 is 33.6 Å². The van der Waals surface area contributed by atoms with Crippen LogP contribution in [0.4, 0.5) is 0 Å². The molecule has 0 spiro atoms. The van der Waals surface area contributed by atoms with Crippen molar-refractivity contribution in [2.45, 2.75) is 19.3 Å². The lowest BCUT2D eigenvalue weighted by Gasteiger charge is -2.41. The lowest BCUT2D eigenvalue weighted by atomic mass is 9.58. The Morgan fingerprint density at radius 1 is 1.03 bits per heavy atom. The molecule has 2 aromatic carbocycles. The molecule has 5 rings (SSSR count). The highest BCUT2D eigenvalue weighted by Crippen LogP contribution is 2.58. The Balaban J connectivity index is 1.76. The molecule has 1 aliphatic carbocycles. The van der Waals surface area contributed by atoms with Gasteiger partial charge in [-0.1, -0.05) is 0 Å². The van der Waals surface area contributed by atoms with Crippen LogP contribution in [0.2, 0.25) is 0 Å². The lowest BCUT2D eigenvalue weighted by Crippen LogP contribution is -2.41. The number of cyclic esters (lactones) is 1. The van der Waals surface area contributed by atoms with E-state index in [4.69, 9.17) is 23.7 Å². The molecule has 1 saturated heterocycles. The minimum atomic E-state index is -0.756. The first-order valence-electron chi connectivity index (χ1n) is 9.52. The van der Waals surface area contributed by atoms with Crippen molar-refractivity contribution in [3.05, 3.63) is 41.0 Å². The van der Waals surface area contributed by atoms with Crippen LogP contribution in [0.3, 0.4) is 0 Å². The van der Waals surface area contributed by atoms with E-state index in [1.807, 2.05) is 19.1 Å². The first-order valence-corrected chi connectivity index (χ1v) is 9.52. The smallest absolute Gasteiger partial charge is 0.313 e. The summed E-state index contributed by atoms with van der Waals surface area (Å²) >= 11 is 0. The molecule has 0 bridgehead atoms. The van der Waals surface area contributed by atoms with Gasteiger partial charge in [-0.15, -0.1) is 0 Å². The Hall–Kier alpha value is -3.09. The van der Waals surface area contributed by atoms with E-state index in [9.17, 15) is 9.90 Å². The molecule has 0 radical (unpaired) electrons. The van der Waals surface area contributed by atoms with Crippen LogP contribution >= 0.6 is 0 Å². The van der Waals surface area contributed by atoms with Crippen molar-refractivity contribution >= 4 is 5.97 Å². The topological polar surface area (TPSA) is 83.5 Å². The minimum absolute atomic E-state index is 0.0265. The Kier molecular flexibility index (Phi) is 3.84. The second-order valence-electron chi connectivity index (χ2n) is 7.89. The molecule has 0 aromatic heterocycles. The number of carbonyl (C=O) groups excluding carboxylic acids is 1. The van der Waals surface area contributed by atoms with E-state index >= 15 is 0 Å². The number of hydrogen-bond donors (Lipinski definition) is 1. The maximum Gasteiger partial charge on any atom is 0.313 e. The van der Waals surface area contributed by atoms with Crippen LogP contribution in [0.25, 0.3) is 0 Å². The number of rotatable bonds is 3. The number of carbonyl (C=O) groups is 1. The van der Waals surface area contributed by atoms with Crippen LogP contribution in [0.5, 0.6) is 28.7 Å². The number of ether oxygens (including phenoxy) is 5. The molecule has 7 heteroatoms. The fourth-order valence-electron chi connectivity index (χ4n) is 4.94. The fourth-order valence-corrected chi connectivity index (χ4v) is 4.94. The number of esters is 1.